The van der Waals surface area contributed by atoms with Gasteiger partial charge < -0.3 is 23.4 Å². The molecule has 11 heteroatoms. The summed E-state index contributed by atoms with van der Waals surface area (Å²) >= 11 is 0. The van der Waals surface area contributed by atoms with Crippen LogP contribution in [0.4, 0.5) is 0 Å². The van der Waals surface area contributed by atoms with E-state index in [2.05, 4.69) is 10.4 Å². The van der Waals surface area contributed by atoms with Crippen molar-refractivity contribution in [2.45, 2.75) is 51.7 Å². The van der Waals surface area contributed by atoms with E-state index >= 15 is 0 Å². The second kappa shape index (κ2) is 15.3. The summed E-state index contributed by atoms with van der Waals surface area (Å²) in [5.41, 5.74) is 0.906. The van der Waals surface area contributed by atoms with Gasteiger partial charge in [-0.25, -0.2) is 5.09 Å². The molecule has 0 bridgehead atoms. The lowest BCUT2D eigenvalue weighted by Crippen LogP contribution is -2.34. The maximum Gasteiger partial charge on any atom is 0.323 e. The van der Waals surface area contributed by atoms with Gasteiger partial charge in [0.05, 0.1) is 12.7 Å². The molecule has 39 heavy (non-hydrogen) atoms. The van der Waals surface area contributed by atoms with Gasteiger partial charge in [-0.1, -0.05) is 55.5 Å². The molecule has 2 amide bonds. The fourth-order valence-corrected chi connectivity index (χ4v) is 5.21. The Labute approximate surface area is 230 Å². The number of imide groups is 1. The highest BCUT2D eigenvalue weighted by atomic mass is 31.2. The molecule has 2 aromatic carbocycles. The maximum absolute atomic E-state index is 12.8. The molecule has 1 aliphatic rings. The van der Waals surface area contributed by atoms with Gasteiger partial charge in [0, 0.05) is 25.2 Å². The SMILES string of the molecule is CC(NP(OCC1CC(C)C(N(C)/C=C\C(=O)NC=O)O1)Oc1ccccc1)C(=O)OC(C)c1ccccc1. The van der Waals surface area contributed by atoms with Crippen LogP contribution in [0, 0.1) is 5.92 Å². The summed E-state index contributed by atoms with van der Waals surface area (Å²) in [5, 5.41) is 5.19. The third-order valence-electron chi connectivity index (χ3n) is 6.04. The van der Waals surface area contributed by atoms with E-state index in [1.165, 1.54) is 6.08 Å². The fourth-order valence-electron chi connectivity index (χ4n) is 4.00. The molecule has 6 atom stereocenters. The first kappa shape index (κ1) is 30.2. The lowest BCUT2D eigenvalue weighted by molar-refractivity contribution is -0.150. The summed E-state index contributed by atoms with van der Waals surface area (Å²) in [6.45, 7) is 5.82. The van der Waals surface area contributed by atoms with Crippen molar-refractivity contribution in [1.29, 1.82) is 0 Å². The van der Waals surface area contributed by atoms with Crippen LogP contribution < -0.4 is 14.9 Å². The van der Waals surface area contributed by atoms with Gasteiger partial charge in [-0.15, -0.1) is 0 Å². The number of amides is 2. The van der Waals surface area contributed by atoms with Crippen molar-refractivity contribution in [2.75, 3.05) is 13.7 Å². The van der Waals surface area contributed by atoms with Crippen LogP contribution in [0.3, 0.4) is 0 Å². The van der Waals surface area contributed by atoms with Gasteiger partial charge in [-0.2, -0.15) is 0 Å². The Bertz CT molecular complexity index is 1090. The summed E-state index contributed by atoms with van der Waals surface area (Å²) in [5.74, 6) is -0.170. The number of benzene rings is 2. The van der Waals surface area contributed by atoms with E-state index in [1.807, 2.05) is 74.5 Å². The minimum absolute atomic E-state index is 0.157. The Hall–Kier alpha value is -3.30. The standard InChI is InChI=1S/C28H36N3O7P/c1-20-17-25(37-27(20)31(4)16-15-26(33)29-19-32)18-35-39(38-24-13-9-6-10-14-24)30-21(2)28(34)36-22(3)23-11-7-5-8-12-23/h5-16,19-22,25,27,30H,17-18H2,1-4H3,(H,29,32,33)/b16-15-. The minimum atomic E-state index is -1.71. The number of nitrogens with one attached hydrogen (secondary N) is 2. The van der Waals surface area contributed by atoms with Crippen LogP contribution in [0.25, 0.3) is 0 Å². The third kappa shape index (κ3) is 9.75. The summed E-state index contributed by atoms with van der Waals surface area (Å²) in [4.78, 5) is 36.5. The highest BCUT2D eigenvalue weighted by molar-refractivity contribution is 7.45. The lowest BCUT2D eigenvalue weighted by atomic mass is 10.1. The molecule has 0 radical (unpaired) electrons. The van der Waals surface area contributed by atoms with E-state index in [4.69, 9.17) is 18.5 Å². The highest BCUT2D eigenvalue weighted by Crippen LogP contribution is 2.38. The van der Waals surface area contributed by atoms with Gasteiger partial charge in [-0.05, 0) is 38.0 Å². The molecule has 0 aromatic heterocycles. The Morgan fingerprint density at radius 1 is 1.13 bits per heavy atom. The molecule has 210 valence electrons. The molecular formula is C28H36N3O7P. The average molecular weight is 558 g/mol. The number of carbonyl (C=O) groups is 3. The molecular weight excluding hydrogens is 521 g/mol. The van der Waals surface area contributed by atoms with Gasteiger partial charge >= 0.3 is 14.5 Å². The van der Waals surface area contributed by atoms with Crippen molar-refractivity contribution in [3.8, 4) is 5.75 Å². The summed E-state index contributed by atoms with van der Waals surface area (Å²) in [6, 6.07) is 18.1. The predicted octanol–water partition coefficient (Wildman–Crippen LogP) is 4.06. The van der Waals surface area contributed by atoms with Gasteiger partial charge in [0.2, 0.25) is 6.41 Å². The first-order chi connectivity index (χ1) is 18.8. The molecule has 1 fully saturated rings. The second-order valence-electron chi connectivity index (χ2n) is 9.27. The molecule has 1 aliphatic heterocycles. The molecule has 0 aliphatic carbocycles. The zero-order valence-corrected chi connectivity index (χ0v) is 23.5. The number of nitrogens with zero attached hydrogens (tertiary/aromatic N) is 1. The van der Waals surface area contributed by atoms with Crippen molar-refractivity contribution >= 4 is 26.8 Å². The monoisotopic (exact) mass is 557 g/mol. The van der Waals surface area contributed by atoms with Crippen LogP contribution in [-0.4, -0.2) is 55.2 Å². The number of hydrogen-bond donors (Lipinski definition) is 2. The Morgan fingerprint density at radius 3 is 2.46 bits per heavy atom. The van der Waals surface area contributed by atoms with Crippen molar-refractivity contribution in [3.05, 3.63) is 78.5 Å². The Balaban J connectivity index is 1.57. The zero-order chi connectivity index (χ0) is 28.2. The van der Waals surface area contributed by atoms with Crippen LogP contribution in [0.5, 0.6) is 5.75 Å². The van der Waals surface area contributed by atoms with Crippen molar-refractivity contribution in [2.24, 2.45) is 5.92 Å². The minimum Gasteiger partial charge on any atom is -0.457 e. The maximum atomic E-state index is 12.8. The molecule has 2 N–H and O–H groups in total. The summed E-state index contributed by atoms with van der Waals surface area (Å²) < 4.78 is 24.0. The molecule has 1 saturated heterocycles. The highest BCUT2D eigenvalue weighted by Gasteiger charge is 2.35. The van der Waals surface area contributed by atoms with Crippen LogP contribution in [-0.2, 0) is 28.4 Å². The molecule has 3 rings (SSSR count). The first-order valence-corrected chi connectivity index (χ1v) is 13.9. The molecule has 6 unspecified atom stereocenters. The van der Waals surface area contributed by atoms with Crippen LogP contribution >= 0.6 is 8.53 Å². The number of carbonyl (C=O) groups excluding carboxylic acids is 3. The fraction of sp³-hybridized carbons (Fsp3) is 0.393. The van der Waals surface area contributed by atoms with Crippen LogP contribution in [0.1, 0.15) is 38.9 Å². The predicted molar refractivity (Wildman–Crippen MR) is 147 cm³/mol. The molecule has 1 heterocycles. The second-order valence-corrected chi connectivity index (χ2v) is 10.5. The number of para-hydroxylation sites is 1. The molecule has 2 aromatic rings. The van der Waals surface area contributed by atoms with E-state index in [-0.39, 0.29) is 24.9 Å². The van der Waals surface area contributed by atoms with E-state index < -0.39 is 32.5 Å². The molecule has 10 nitrogen and oxygen atoms in total. The molecule has 0 saturated carbocycles. The van der Waals surface area contributed by atoms with Crippen LogP contribution in [0.2, 0.25) is 0 Å². The Morgan fingerprint density at radius 2 is 1.79 bits per heavy atom. The van der Waals surface area contributed by atoms with Crippen LogP contribution in [0.15, 0.2) is 72.9 Å². The largest absolute Gasteiger partial charge is 0.457 e. The third-order valence-corrected chi connectivity index (χ3v) is 7.40. The van der Waals surface area contributed by atoms with Crippen molar-refractivity contribution in [3.63, 3.8) is 0 Å². The average Bonchev–Trinajstić information content (AvgIpc) is 3.31. The van der Waals surface area contributed by atoms with E-state index in [0.717, 1.165) is 12.0 Å². The zero-order valence-electron chi connectivity index (χ0n) is 22.6. The number of ether oxygens (including phenoxy) is 2. The van der Waals surface area contributed by atoms with Gasteiger partial charge in [0.1, 0.15) is 24.1 Å². The van der Waals surface area contributed by atoms with Gasteiger partial charge in [0.15, 0.2) is 0 Å². The first-order valence-electron chi connectivity index (χ1n) is 12.7. The smallest absolute Gasteiger partial charge is 0.323 e. The molecule has 0 spiro atoms. The van der Waals surface area contributed by atoms with E-state index in [0.29, 0.717) is 12.2 Å². The topological polar surface area (TPSA) is 115 Å². The lowest BCUT2D eigenvalue weighted by Gasteiger charge is -2.26. The van der Waals surface area contributed by atoms with Crippen molar-refractivity contribution in [1.82, 2.24) is 15.3 Å². The van der Waals surface area contributed by atoms with Crippen molar-refractivity contribution < 1.29 is 32.9 Å². The summed E-state index contributed by atoms with van der Waals surface area (Å²) in [6.07, 6.45) is 3.00. The van der Waals surface area contributed by atoms with E-state index in [1.54, 1.807) is 25.1 Å². The van der Waals surface area contributed by atoms with E-state index in [9.17, 15) is 14.4 Å². The van der Waals surface area contributed by atoms with Gasteiger partial charge in [0.25, 0.3) is 5.91 Å². The Kier molecular flexibility index (Phi) is 11.9. The number of hydrogen-bond acceptors (Lipinski definition) is 9. The summed E-state index contributed by atoms with van der Waals surface area (Å²) in [7, 11) is 0.0853. The quantitative estimate of drug-likeness (QED) is 0.154. The number of esters is 1. The normalized spacial score (nSPS) is 21.1. The van der Waals surface area contributed by atoms with Gasteiger partial charge in [-0.3, -0.25) is 19.7 Å². The number of rotatable bonds is 14.